The van der Waals surface area contributed by atoms with Crippen LogP contribution in [0, 0.1) is 11.3 Å². The maximum Gasteiger partial charge on any atom is 0.417 e. The van der Waals surface area contributed by atoms with E-state index >= 15 is 0 Å². The highest BCUT2D eigenvalue weighted by atomic mass is 19.4. The standard InChI is InChI=1S/C21H21F3N6O/c1-2-26-19-29-16(14(9-25)17(30-19)20(31)6-4-3-5-7-20)15-11-28-18-13(15)8-12(10-27-18)21(22,23)24/h8,10-11,31H,2-7H2,1H3,(H,27,28)(H,26,29,30). The number of aromatic nitrogens is 4. The number of aromatic amines is 1. The second-order valence-electron chi connectivity index (χ2n) is 7.67. The molecule has 0 aromatic carbocycles. The summed E-state index contributed by atoms with van der Waals surface area (Å²) >= 11 is 0. The van der Waals surface area contributed by atoms with Gasteiger partial charge in [-0.25, -0.2) is 15.0 Å². The number of nitrogens with zero attached hydrogens (tertiary/aromatic N) is 4. The number of H-pyrrole nitrogens is 1. The molecule has 1 saturated carbocycles. The SMILES string of the molecule is CCNc1nc(-c2c[nH]c3ncc(C(F)(F)F)cc23)c(C#N)c(C2(O)CCCCC2)n1. The van der Waals surface area contributed by atoms with Crippen LogP contribution < -0.4 is 5.32 Å². The van der Waals surface area contributed by atoms with E-state index in [1.165, 1.54) is 6.20 Å². The van der Waals surface area contributed by atoms with Crippen LogP contribution in [0.5, 0.6) is 0 Å². The predicted octanol–water partition coefficient (Wildman–Crippen LogP) is 4.49. The van der Waals surface area contributed by atoms with Gasteiger partial charge in [0.2, 0.25) is 5.95 Å². The van der Waals surface area contributed by atoms with Gasteiger partial charge in [0.05, 0.1) is 17.0 Å². The minimum absolute atomic E-state index is 0.0596. The van der Waals surface area contributed by atoms with E-state index < -0.39 is 17.3 Å². The van der Waals surface area contributed by atoms with Crippen molar-refractivity contribution in [3.8, 4) is 17.3 Å². The second-order valence-corrected chi connectivity index (χ2v) is 7.67. The lowest BCUT2D eigenvalue weighted by atomic mass is 9.80. The Morgan fingerprint density at radius 1 is 1.26 bits per heavy atom. The number of anilines is 1. The van der Waals surface area contributed by atoms with Gasteiger partial charge in [0.25, 0.3) is 0 Å². The van der Waals surface area contributed by atoms with Crippen molar-refractivity contribution in [3.63, 3.8) is 0 Å². The smallest absolute Gasteiger partial charge is 0.384 e. The first-order valence-corrected chi connectivity index (χ1v) is 10.1. The average Bonchev–Trinajstić information content (AvgIpc) is 3.16. The zero-order chi connectivity index (χ0) is 22.2. The molecule has 1 fully saturated rings. The van der Waals surface area contributed by atoms with Crippen LogP contribution >= 0.6 is 0 Å². The minimum atomic E-state index is -4.56. The van der Waals surface area contributed by atoms with Crippen molar-refractivity contribution in [2.45, 2.75) is 50.8 Å². The number of rotatable bonds is 4. The van der Waals surface area contributed by atoms with Crippen molar-refractivity contribution in [2.75, 3.05) is 11.9 Å². The predicted molar refractivity (Wildman–Crippen MR) is 108 cm³/mol. The number of hydrogen-bond acceptors (Lipinski definition) is 6. The molecule has 1 aliphatic carbocycles. The molecule has 3 N–H and O–H groups in total. The van der Waals surface area contributed by atoms with E-state index in [4.69, 9.17) is 0 Å². The van der Waals surface area contributed by atoms with E-state index in [-0.39, 0.29) is 33.9 Å². The highest BCUT2D eigenvalue weighted by molar-refractivity contribution is 5.94. The summed E-state index contributed by atoms with van der Waals surface area (Å²) in [7, 11) is 0. The van der Waals surface area contributed by atoms with Crippen LogP contribution in [0.3, 0.4) is 0 Å². The maximum atomic E-state index is 13.3. The Labute approximate surface area is 176 Å². The molecule has 31 heavy (non-hydrogen) atoms. The fraction of sp³-hybridized carbons (Fsp3) is 0.429. The number of hydrogen-bond donors (Lipinski definition) is 3. The molecular weight excluding hydrogens is 409 g/mol. The number of alkyl halides is 3. The summed E-state index contributed by atoms with van der Waals surface area (Å²) in [4.78, 5) is 15.6. The molecule has 162 valence electrons. The molecule has 0 bridgehead atoms. The van der Waals surface area contributed by atoms with Gasteiger partial charge in [-0.1, -0.05) is 19.3 Å². The van der Waals surface area contributed by atoms with Crippen LogP contribution in [0.15, 0.2) is 18.5 Å². The van der Waals surface area contributed by atoms with E-state index in [0.29, 0.717) is 24.9 Å². The van der Waals surface area contributed by atoms with Gasteiger partial charge in [-0.2, -0.15) is 18.4 Å². The van der Waals surface area contributed by atoms with E-state index in [2.05, 4.69) is 31.3 Å². The third kappa shape index (κ3) is 3.81. The summed E-state index contributed by atoms with van der Waals surface area (Å²) in [6.07, 6.45) is 1.16. The lowest BCUT2D eigenvalue weighted by Gasteiger charge is -2.32. The zero-order valence-electron chi connectivity index (χ0n) is 16.8. The number of aliphatic hydroxyl groups is 1. The van der Waals surface area contributed by atoms with Crippen molar-refractivity contribution in [1.82, 2.24) is 19.9 Å². The highest BCUT2D eigenvalue weighted by Gasteiger charge is 2.37. The van der Waals surface area contributed by atoms with E-state index in [1.54, 1.807) is 0 Å². The Morgan fingerprint density at radius 2 is 2.00 bits per heavy atom. The van der Waals surface area contributed by atoms with Gasteiger partial charge >= 0.3 is 6.18 Å². The van der Waals surface area contributed by atoms with Gasteiger partial charge in [0.1, 0.15) is 22.9 Å². The molecule has 3 heterocycles. The Hall–Kier alpha value is -3.19. The van der Waals surface area contributed by atoms with Crippen LogP contribution in [0.4, 0.5) is 19.1 Å². The van der Waals surface area contributed by atoms with Crippen LogP contribution in [0.2, 0.25) is 0 Å². The number of nitriles is 1. The van der Waals surface area contributed by atoms with Crippen LogP contribution in [0.25, 0.3) is 22.3 Å². The summed E-state index contributed by atoms with van der Waals surface area (Å²) in [6, 6.07) is 3.07. The molecule has 7 nitrogen and oxygen atoms in total. The highest BCUT2D eigenvalue weighted by Crippen LogP contribution is 2.41. The normalized spacial score (nSPS) is 16.3. The lowest BCUT2D eigenvalue weighted by molar-refractivity contribution is -0.137. The van der Waals surface area contributed by atoms with Gasteiger partial charge in [-0.15, -0.1) is 0 Å². The quantitative estimate of drug-likeness (QED) is 0.562. The fourth-order valence-corrected chi connectivity index (χ4v) is 4.06. The van der Waals surface area contributed by atoms with Crippen molar-refractivity contribution in [1.29, 1.82) is 5.26 Å². The summed E-state index contributed by atoms with van der Waals surface area (Å²) in [5.41, 5.74) is -1.21. The van der Waals surface area contributed by atoms with Gasteiger partial charge in [0.15, 0.2) is 0 Å². The number of fused-ring (bicyclic) bond motifs is 1. The number of pyridine rings is 1. The monoisotopic (exact) mass is 430 g/mol. The molecule has 0 unspecified atom stereocenters. The molecule has 0 aliphatic heterocycles. The molecule has 1 aliphatic rings. The lowest BCUT2D eigenvalue weighted by Crippen LogP contribution is -2.31. The molecule has 0 amide bonds. The summed E-state index contributed by atoms with van der Waals surface area (Å²) < 4.78 is 39.8. The van der Waals surface area contributed by atoms with Crippen molar-refractivity contribution in [3.05, 3.63) is 35.3 Å². The van der Waals surface area contributed by atoms with E-state index in [1.807, 2.05) is 6.92 Å². The fourth-order valence-electron chi connectivity index (χ4n) is 4.06. The second kappa shape index (κ2) is 7.81. The third-order valence-corrected chi connectivity index (χ3v) is 5.59. The van der Waals surface area contributed by atoms with Gasteiger partial charge in [0, 0.05) is 29.9 Å². The Bertz CT molecular complexity index is 1160. The van der Waals surface area contributed by atoms with Crippen molar-refractivity contribution in [2.24, 2.45) is 0 Å². The van der Waals surface area contributed by atoms with Gasteiger partial charge in [-0.3, -0.25) is 0 Å². The topological polar surface area (TPSA) is 111 Å². The van der Waals surface area contributed by atoms with Crippen LogP contribution in [-0.4, -0.2) is 31.6 Å². The van der Waals surface area contributed by atoms with Crippen molar-refractivity contribution < 1.29 is 18.3 Å². The first kappa shape index (κ1) is 21.1. The molecular formula is C21H21F3N6O. The summed E-state index contributed by atoms with van der Waals surface area (Å²) in [5, 5.41) is 24.4. The van der Waals surface area contributed by atoms with Gasteiger partial charge in [-0.05, 0) is 25.8 Å². The molecule has 3 aromatic rings. The first-order chi connectivity index (χ1) is 14.8. The average molecular weight is 430 g/mol. The third-order valence-electron chi connectivity index (χ3n) is 5.59. The first-order valence-electron chi connectivity index (χ1n) is 10.1. The van der Waals surface area contributed by atoms with Gasteiger partial charge < -0.3 is 15.4 Å². The molecule has 10 heteroatoms. The Balaban J connectivity index is 1.97. The molecule has 0 saturated heterocycles. The molecule has 0 atom stereocenters. The summed E-state index contributed by atoms with van der Waals surface area (Å²) in [6.45, 7) is 2.35. The van der Waals surface area contributed by atoms with Crippen LogP contribution in [-0.2, 0) is 11.8 Å². The van der Waals surface area contributed by atoms with Crippen LogP contribution in [0.1, 0.15) is 55.8 Å². The van der Waals surface area contributed by atoms with E-state index in [0.717, 1.165) is 31.5 Å². The van der Waals surface area contributed by atoms with Crippen molar-refractivity contribution >= 4 is 17.0 Å². The largest absolute Gasteiger partial charge is 0.417 e. The zero-order valence-corrected chi connectivity index (χ0v) is 16.8. The molecule has 0 radical (unpaired) electrons. The number of halogens is 3. The van der Waals surface area contributed by atoms with E-state index in [9.17, 15) is 23.5 Å². The molecule has 3 aromatic heterocycles. The molecule has 4 rings (SSSR count). The maximum absolute atomic E-state index is 13.3. The Kier molecular flexibility index (Phi) is 5.31. The summed E-state index contributed by atoms with van der Waals surface area (Å²) in [5.74, 6) is 0.208. The number of nitrogens with one attached hydrogen (secondary N) is 2. The Morgan fingerprint density at radius 3 is 2.65 bits per heavy atom. The minimum Gasteiger partial charge on any atom is -0.384 e. The molecule has 0 spiro atoms.